The summed E-state index contributed by atoms with van der Waals surface area (Å²) in [4.78, 5) is 0. The Kier molecular flexibility index (Phi) is 2.69. The minimum absolute atomic E-state index is 0.276. The van der Waals surface area contributed by atoms with Gasteiger partial charge in [0.1, 0.15) is 0 Å². The Morgan fingerprint density at radius 1 is 1.38 bits per heavy atom. The van der Waals surface area contributed by atoms with Crippen molar-refractivity contribution in [3.63, 3.8) is 0 Å². The van der Waals surface area contributed by atoms with E-state index in [0.29, 0.717) is 11.4 Å². The van der Waals surface area contributed by atoms with Gasteiger partial charge in [0.25, 0.3) is 0 Å². The first-order valence-electron chi connectivity index (χ1n) is 4.43. The topological polar surface area (TPSA) is 59.6 Å². The number of nitrogens with zero attached hydrogens (tertiary/aromatic N) is 2. The molecule has 1 aromatic heterocycles. The van der Waals surface area contributed by atoms with Crippen LogP contribution in [0.5, 0.6) is 0 Å². The molecule has 0 atom stereocenters. The van der Waals surface area contributed by atoms with E-state index >= 15 is 0 Å². The number of aromatic amines is 1. The van der Waals surface area contributed by atoms with Crippen LogP contribution in [0.2, 0.25) is 0 Å². The van der Waals surface area contributed by atoms with Crippen molar-refractivity contribution in [3.8, 4) is 0 Å². The number of hydrogen-bond acceptors (Lipinski definition) is 3. The summed E-state index contributed by atoms with van der Waals surface area (Å²) in [6.45, 7) is 0. The average molecular weight is 242 g/mol. The predicted octanol–water partition coefficient (Wildman–Crippen LogP) is 1.52. The van der Waals surface area contributed by atoms with Crippen LogP contribution >= 0.6 is 12.2 Å². The van der Waals surface area contributed by atoms with Crippen molar-refractivity contribution in [2.24, 2.45) is 0 Å². The lowest BCUT2D eigenvalue weighted by atomic mass is 10.1. The zero-order valence-corrected chi connectivity index (χ0v) is 8.89. The molecule has 0 saturated carbocycles. The summed E-state index contributed by atoms with van der Waals surface area (Å²) in [6.07, 6.45) is 0.279. The highest BCUT2D eigenvalue weighted by Crippen LogP contribution is 2.11. The van der Waals surface area contributed by atoms with E-state index in [9.17, 15) is 8.78 Å². The quantitative estimate of drug-likeness (QED) is 0.620. The van der Waals surface area contributed by atoms with Crippen molar-refractivity contribution in [2.75, 3.05) is 5.84 Å². The fourth-order valence-corrected chi connectivity index (χ4v) is 1.45. The van der Waals surface area contributed by atoms with E-state index in [0.717, 1.165) is 12.1 Å². The van der Waals surface area contributed by atoms with E-state index in [1.165, 1.54) is 10.7 Å². The maximum Gasteiger partial charge on any atom is 0.214 e. The van der Waals surface area contributed by atoms with E-state index in [4.69, 9.17) is 18.1 Å². The van der Waals surface area contributed by atoms with Gasteiger partial charge >= 0.3 is 0 Å². The van der Waals surface area contributed by atoms with Crippen molar-refractivity contribution >= 4 is 12.2 Å². The molecule has 84 valence electrons. The second-order valence-electron chi connectivity index (χ2n) is 3.24. The number of rotatable bonds is 2. The predicted molar refractivity (Wildman–Crippen MR) is 56.7 cm³/mol. The number of aromatic nitrogens is 3. The molecule has 0 saturated heterocycles. The van der Waals surface area contributed by atoms with Gasteiger partial charge in [0.05, 0.1) is 0 Å². The molecule has 0 radical (unpaired) electrons. The Morgan fingerprint density at radius 3 is 2.69 bits per heavy atom. The Morgan fingerprint density at radius 2 is 2.12 bits per heavy atom. The number of nitrogen functional groups attached to an aromatic ring is 1. The van der Waals surface area contributed by atoms with Gasteiger partial charge in [-0.2, -0.15) is 5.10 Å². The Balaban J connectivity index is 2.31. The second-order valence-corrected chi connectivity index (χ2v) is 3.63. The minimum Gasteiger partial charge on any atom is -0.335 e. The fraction of sp³-hybridized carbons (Fsp3) is 0.111. The molecule has 0 bridgehead atoms. The summed E-state index contributed by atoms with van der Waals surface area (Å²) in [6, 6.07) is 3.63. The molecule has 0 unspecified atom stereocenters. The summed E-state index contributed by atoms with van der Waals surface area (Å²) in [5, 5.41) is 6.37. The number of nitrogens with two attached hydrogens (primary N) is 1. The standard InChI is InChI=1S/C9H8F2N4S/c10-6-2-1-5(3-7(6)11)4-8-13-14-9(16)15(8)12/h1-3H,4,12H2,(H,14,16). The average Bonchev–Trinajstić information content (AvgIpc) is 2.55. The normalized spacial score (nSPS) is 10.6. The second kappa shape index (κ2) is 4.01. The molecule has 0 aliphatic heterocycles. The molecule has 1 aromatic carbocycles. The van der Waals surface area contributed by atoms with Crippen molar-refractivity contribution in [1.82, 2.24) is 14.9 Å². The van der Waals surface area contributed by atoms with Crippen molar-refractivity contribution in [1.29, 1.82) is 0 Å². The van der Waals surface area contributed by atoms with E-state index in [-0.39, 0.29) is 11.2 Å². The summed E-state index contributed by atoms with van der Waals surface area (Å²) >= 11 is 4.82. The molecule has 0 amide bonds. The maximum atomic E-state index is 12.9. The van der Waals surface area contributed by atoms with Gasteiger partial charge in [-0.05, 0) is 29.9 Å². The van der Waals surface area contributed by atoms with Crippen LogP contribution in [-0.4, -0.2) is 14.9 Å². The molecule has 2 aromatic rings. The molecule has 2 rings (SSSR count). The molecule has 0 aliphatic rings. The Labute approximate surface area is 94.7 Å². The maximum absolute atomic E-state index is 12.9. The molecule has 1 heterocycles. The number of halogens is 2. The zero-order chi connectivity index (χ0) is 11.7. The van der Waals surface area contributed by atoms with Crippen LogP contribution in [0.3, 0.4) is 0 Å². The van der Waals surface area contributed by atoms with Gasteiger partial charge in [0, 0.05) is 6.42 Å². The third-order valence-corrected chi connectivity index (χ3v) is 2.41. The fourth-order valence-electron chi connectivity index (χ4n) is 1.29. The first-order valence-corrected chi connectivity index (χ1v) is 4.84. The summed E-state index contributed by atoms with van der Waals surface area (Å²) < 4.78 is 27.1. The summed E-state index contributed by atoms with van der Waals surface area (Å²) in [5.74, 6) is 4.25. The van der Waals surface area contributed by atoms with E-state index in [1.807, 2.05) is 0 Å². The van der Waals surface area contributed by atoms with Crippen LogP contribution in [0, 0.1) is 16.4 Å². The van der Waals surface area contributed by atoms with E-state index in [2.05, 4.69) is 10.2 Å². The lowest BCUT2D eigenvalue weighted by molar-refractivity contribution is 0.507. The lowest BCUT2D eigenvalue weighted by Crippen LogP contribution is -2.13. The van der Waals surface area contributed by atoms with Crippen molar-refractivity contribution < 1.29 is 8.78 Å². The highest BCUT2D eigenvalue weighted by molar-refractivity contribution is 7.71. The third-order valence-electron chi connectivity index (χ3n) is 2.12. The van der Waals surface area contributed by atoms with Gasteiger partial charge in [-0.3, -0.25) is 5.10 Å². The smallest absolute Gasteiger partial charge is 0.214 e. The van der Waals surface area contributed by atoms with E-state index < -0.39 is 11.6 Å². The Bertz CT molecular complexity index is 575. The number of benzene rings is 1. The lowest BCUT2D eigenvalue weighted by Gasteiger charge is -2.01. The molecule has 16 heavy (non-hydrogen) atoms. The molecular weight excluding hydrogens is 234 g/mol. The van der Waals surface area contributed by atoms with Gasteiger partial charge in [-0.1, -0.05) is 6.07 Å². The summed E-state index contributed by atoms with van der Waals surface area (Å²) in [7, 11) is 0. The SMILES string of the molecule is Nn1c(Cc2ccc(F)c(F)c2)n[nH]c1=S. The molecule has 7 heteroatoms. The first kappa shape index (κ1) is 10.7. The molecular formula is C9H8F2N4S. The van der Waals surface area contributed by atoms with Crippen molar-refractivity contribution in [3.05, 3.63) is 46.0 Å². The number of hydrogen-bond donors (Lipinski definition) is 2. The van der Waals surface area contributed by atoms with Gasteiger partial charge in [-0.15, -0.1) is 0 Å². The molecule has 0 aliphatic carbocycles. The molecule has 3 N–H and O–H groups in total. The van der Waals surface area contributed by atoms with Crippen LogP contribution < -0.4 is 5.84 Å². The van der Waals surface area contributed by atoms with Crippen LogP contribution in [0.4, 0.5) is 8.78 Å². The van der Waals surface area contributed by atoms with Crippen molar-refractivity contribution in [2.45, 2.75) is 6.42 Å². The number of nitrogens with one attached hydrogen (secondary N) is 1. The first-order chi connectivity index (χ1) is 7.58. The van der Waals surface area contributed by atoms with Crippen LogP contribution in [-0.2, 0) is 6.42 Å². The van der Waals surface area contributed by atoms with Gasteiger partial charge in [0.2, 0.25) is 4.77 Å². The van der Waals surface area contributed by atoms with Gasteiger partial charge in [-0.25, -0.2) is 13.5 Å². The van der Waals surface area contributed by atoms with E-state index in [1.54, 1.807) is 0 Å². The highest BCUT2D eigenvalue weighted by Gasteiger charge is 2.07. The van der Waals surface area contributed by atoms with Gasteiger partial charge in [0.15, 0.2) is 17.5 Å². The monoisotopic (exact) mass is 242 g/mol. The number of H-pyrrole nitrogens is 1. The Hall–Kier alpha value is -1.76. The van der Waals surface area contributed by atoms with Crippen LogP contribution in [0.1, 0.15) is 11.4 Å². The third kappa shape index (κ3) is 1.94. The zero-order valence-electron chi connectivity index (χ0n) is 8.08. The van der Waals surface area contributed by atoms with Crippen LogP contribution in [0.15, 0.2) is 18.2 Å². The highest BCUT2D eigenvalue weighted by atomic mass is 32.1. The molecule has 4 nitrogen and oxygen atoms in total. The van der Waals surface area contributed by atoms with Crippen LogP contribution in [0.25, 0.3) is 0 Å². The molecule has 0 spiro atoms. The van der Waals surface area contributed by atoms with Gasteiger partial charge < -0.3 is 5.84 Å². The summed E-state index contributed by atoms with van der Waals surface area (Å²) in [5.41, 5.74) is 0.569. The molecule has 0 fully saturated rings. The largest absolute Gasteiger partial charge is 0.335 e. The minimum atomic E-state index is -0.893.